The normalized spacial score (nSPS) is 13.7. The third-order valence-corrected chi connectivity index (χ3v) is 9.43. The average Bonchev–Trinajstić information content (AvgIpc) is 3.31. The van der Waals surface area contributed by atoms with Gasteiger partial charge in [0.15, 0.2) is 19.7 Å². The predicted molar refractivity (Wildman–Crippen MR) is 167 cm³/mol. The van der Waals surface area contributed by atoms with Crippen molar-refractivity contribution < 1.29 is 49.1 Å². The highest BCUT2D eigenvalue weighted by Gasteiger charge is 2.37. The van der Waals surface area contributed by atoms with Crippen molar-refractivity contribution >= 4 is 54.4 Å². The smallest absolute Gasteiger partial charge is 0.416 e. The van der Waals surface area contributed by atoms with E-state index in [1.54, 1.807) is 0 Å². The quantitative estimate of drug-likeness (QED) is 0.241. The molecule has 47 heavy (non-hydrogen) atoms. The number of sulfone groups is 2. The maximum atomic E-state index is 14.0. The fraction of sp³-hybridized carbons (Fsp3) is 0.258. The van der Waals surface area contributed by atoms with E-state index >= 15 is 0 Å². The van der Waals surface area contributed by atoms with Crippen LogP contribution in [0.2, 0.25) is 0 Å². The van der Waals surface area contributed by atoms with Gasteiger partial charge in [0.2, 0.25) is 0 Å². The molecule has 2 aromatic carbocycles. The molecule has 2 amide bonds. The molecule has 0 aliphatic heterocycles. The summed E-state index contributed by atoms with van der Waals surface area (Å²) in [7, 11) is -6.96. The number of nitrogens with one attached hydrogen (secondary N) is 2. The van der Waals surface area contributed by atoms with Gasteiger partial charge >= 0.3 is 18.1 Å². The highest BCUT2D eigenvalue weighted by Crippen LogP contribution is 2.40. The number of nitrogens with zero attached hydrogens (tertiary/aromatic N) is 1. The molecule has 2 N–H and O–H groups in total. The molecule has 0 spiro atoms. The van der Waals surface area contributed by atoms with Gasteiger partial charge in [0.1, 0.15) is 6.61 Å². The zero-order valence-corrected chi connectivity index (χ0v) is 27.0. The van der Waals surface area contributed by atoms with Crippen LogP contribution in [-0.2, 0) is 40.5 Å². The van der Waals surface area contributed by atoms with Crippen LogP contribution >= 0.6 is 0 Å². The van der Waals surface area contributed by atoms with Crippen molar-refractivity contribution in [1.82, 2.24) is 4.57 Å². The lowest BCUT2D eigenvalue weighted by atomic mass is 9.92. The molecule has 4 rings (SSSR count). The van der Waals surface area contributed by atoms with E-state index in [2.05, 4.69) is 10.6 Å². The van der Waals surface area contributed by atoms with Crippen molar-refractivity contribution in [3.05, 3.63) is 89.3 Å². The summed E-state index contributed by atoms with van der Waals surface area (Å²) in [4.78, 5) is 38.1. The van der Waals surface area contributed by atoms with Gasteiger partial charge in [0.25, 0.3) is 5.91 Å². The molecule has 0 atom stereocenters. The summed E-state index contributed by atoms with van der Waals surface area (Å²) in [5.41, 5.74) is -0.213. The van der Waals surface area contributed by atoms with E-state index in [0.717, 1.165) is 18.6 Å². The van der Waals surface area contributed by atoms with Gasteiger partial charge < -0.3 is 19.9 Å². The number of carbonyl (C=O) groups excluding carboxylic acids is 3. The number of rotatable bonds is 9. The summed E-state index contributed by atoms with van der Waals surface area (Å²) in [6.45, 7) is 0.827. The van der Waals surface area contributed by atoms with Gasteiger partial charge in [-0.15, -0.1) is 0 Å². The van der Waals surface area contributed by atoms with Gasteiger partial charge in [-0.1, -0.05) is 12.2 Å². The number of anilines is 2. The first-order valence-electron chi connectivity index (χ1n) is 13.9. The Hall–Kier alpha value is -4.70. The number of ether oxygens (including phenoxy) is 1. The largest absolute Gasteiger partial charge is 0.457 e. The van der Waals surface area contributed by atoms with Crippen molar-refractivity contribution in [2.45, 2.75) is 42.3 Å². The minimum absolute atomic E-state index is 0.00560. The first kappa shape index (κ1) is 35.2. The Labute approximate surface area is 268 Å². The van der Waals surface area contributed by atoms with Crippen molar-refractivity contribution in [2.24, 2.45) is 0 Å². The second-order valence-corrected chi connectivity index (χ2v) is 14.7. The van der Waals surface area contributed by atoms with Crippen LogP contribution in [0.1, 0.15) is 34.5 Å². The molecule has 11 nitrogen and oxygen atoms in total. The summed E-state index contributed by atoms with van der Waals surface area (Å²) in [6.07, 6.45) is 1.38. The molecule has 0 fully saturated rings. The molecule has 250 valence electrons. The van der Waals surface area contributed by atoms with E-state index in [1.165, 1.54) is 72.3 Å². The van der Waals surface area contributed by atoms with Crippen LogP contribution in [0, 0.1) is 6.92 Å². The van der Waals surface area contributed by atoms with Gasteiger partial charge in [-0.3, -0.25) is 9.59 Å². The van der Waals surface area contributed by atoms with E-state index in [0.29, 0.717) is 6.42 Å². The Kier molecular flexibility index (Phi) is 10.2. The van der Waals surface area contributed by atoms with E-state index in [9.17, 15) is 44.4 Å². The monoisotopic (exact) mass is 693 g/mol. The van der Waals surface area contributed by atoms with Crippen LogP contribution in [0.4, 0.5) is 24.5 Å². The van der Waals surface area contributed by atoms with Gasteiger partial charge in [-0.2, -0.15) is 13.2 Å². The Bertz CT molecular complexity index is 2000. The predicted octanol–water partition coefficient (Wildman–Crippen LogP) is 4.70. The molecule has 16 heteroatoms. The topological polar surface area (TPSA) is 158 Å². The first-order chi connectivity index (χ1) is 21.9. The molecular formula is C31H30F3N3O8S2. The number of hydrogen-bond acceptors (Lipinski definition) is 8. The lowest BCUT2D eigenvalue weighted by Crippen LogP contribution is -2.26. The Morgan fingerprint density at radius 3 is 1.91 bits per heavy atom. The van der Waals surface area contributed by atoms with E-state index in [4.69, 9.17) is 4.74 Å². The number of amides is 2. The lowest BCUT2D eigenvalue weighted by molar-refractivity contribution is -0.152. The zero-order chi connectivity index (χ0) is 34.7. The highest BCUT2D eigenvalue weighted by molar-refractivity contribution is 7.91. The van der Waals surface area contributed by atoms with Crippen LogP contribution in [0.25, 0.3) is 5.57 Å². The van der Waals surface area contributed by atoms with Crippen LogP contribution < -0.4 is 10.6 Å². The molecule has 1 aromatic heterocycles. The first-order valence-corrected chi connectivity index (χ1v) is 17.7. The molecule has 0 radical (unpaired) electrons. The number of esters is 1. The lowest BCUT2D eigenvalue weighted by Gasteiger charge is -2.21. The highest BCUT2D eigenvalue weighted by atomic mass is 32.2. The average molecular weight is 694 g/mol. The van der Waals surface area contributed by atoms with Gasteiger partial charge in [-0.25, -0.2) is 21.6 Å². The fourth-order valence-electron chi connectivity index (χ4n) is 4.89. The van der Waals surface area contributed by atoms with E-state index < -0.39 is 55.8 Å². The van der Waals surface area contributed by atoms with Crippen LogP contribution in [0.3, 0.4) is 0 Å². The number of aromatic nitrogens is 1. The van der Waals surface area contributed by atoms with Crippen molar-refractivity contribution in [1.29, 1.82) is 0 Å². The molecule has 1 aliphatic carbocycles. The maximum absolute atomic E-state index is 14.0. The Morgan fingerprint density at radius 2 is 1.40 bits per heavy atom. The third-order valence-electron chi connectivity index (χ3n) is 7.17. The fourth-order valence-corrected chi connectivity index (χ4v) is 6.16. The number of benzene rings is 2. The number of halogens is 3. The number of alkyl halides is 3. The van der Waals surface area contributed by atoms with Crippen molar-refractivity contribution in [2.75, 3.05) is 29.8 Å². The maximum Gasteiger partial charge on any atom is 0.416 e. The number of allylic oxidation sites excluding steroid dienone is 4. The molecule has 1 aliphatic rings. The minimum atomic E-state index is -4.69. The standard InChI is InChI=1S/C31H30F3N3O8S2/c1-19-25(28(38)35-20-8-12-22(13-9-20)46(2,41)42)18-37(27(19)24-6-4-5-7-26(24)31(32,33)34)16-17-45-30(40)29(39)36-21-10-14-23(15-11-21)47(3,43)44/h5,7-15,18H,4,6,16-17H2,1-3H3,(H,35,38)(H,36,39). The summed E-state index contributed by atoms with van der Waals surface area (Å²) in [5.74, 6) is -3.13. The van der Waals surface area contributed by atoms with Crippen LogP contribution in [0.15, 0.2) is 82.2 Å². The molecule has 0 bridgehead atoms. The molecule has 0 saturated carbocycles. The molecule has 3 aromatic rings. The summed E-state index contributed by atoms with van der Waals surface area (Å²) < 4.78 is 95.3. The summed E-state index contributed by atoms with van der Waals surface area (Å²) in [5, 5.41) is 4.89. The van der Waals surface area contributed by atoms with Crippen LogP contribution in [0.5, 0.6) is 0 Å². The SMILES string of the molecule is Cc1c(C(=O)Nc2ccc(S(C)(=O)=O)cc2)cn(CCOC(=O)C(=O)Nc2ccc(S(C)(=O)=O)cc2)c1C1=C(C(F)(F)F)C=CCC1. The summed E-state index contributed by atoms with van der Waals surface area (Å²) >= 11 is 0. The molecule has 0 unspecified atom stereocenters. The van der Waals surface area contributed by atoms with Crippen molar-refractivity contribution in [3.63, 3.8) is 0 Å². The summed E-state index contributed by atoms with van der Waals surface area (Å²) in [6, 6.07) is 10.4. The van der Waals surface area contributed by atoms with Gasteiger partial charge in [0.05, 0.1) is 27.5 Å². The second-order valence-electron chi connectivity index (χ2n) is 10.7. The third kappa shape index (κ3) is 8.56. The number of carbonyl (C=O) groups is 3. The van der Waals surface area contributed by atoms with Crippen LogP contribution in [-0.4, -0.2) is 64.5 Å². The molecular weight excluding hydrogens is 663 g/mol. The number of hydrogen-bond donors (Lipinski definition) is 2. The zero-order valence-electron chi connectivity index (χ0n) is 25.3. The second kappa shape index (κ2) is 13.6. The van der Waals surface area contributed by atoms with Crippen molar-refractivity contribution in [3.8, 4) is 0 Å². The van der Waals surface area contributed by atoms with Gasteiger partial charge in [-0.05, 0) is 79.4 Å². The Morgan fingerprint density at radius 1 is 0.872 bits per heavy atom. The minimum Gasteiger partial charge on any atom is -0.457 e. The Balaban J connectivity index is 1.56. The molecule has 0 saturated heterocycles. The van der Waals surface area contributed by atoms with E-state index in [1.807, 2.05) is 0 Å². The van der Waals surface area contributed by atoms with E-state index in [-0.39, 0.29) is 56.5 Å². The van der Waals surface area contributed by atoms with Gasteiger partial charge in [0, 0.05) is 35.8 Å². The molecule has 1 heterocycles.